The maximum atomic E-state index is 8.85. The molecule has 0 atom stereocenters. The van der Waals surface area contributed by atoms with Gasteiger partial charge in [-0.15, -0.1) is 21.6 Å². The quantitative estimate of drug-likeness (QED) is 0.581. The average molecular weight is 324 g/mol. The summed E-state index contributed by atoms with van der Waals surface area (Å²) in [5, 5.41) is 21.0. The SMILES string of the molecule is Cc1ccc(N=Nc2sc(CC#N)nc2-c2cccs2)cc1. The Balaban J connectivity index is 1.95. The summed E-state index contributed by atoms with van der Waals surface area (Å²) in [6.07, 6.45) is 0.295. The number of aryl methyl sites for hydroxylation is 1. The van der Waals surface area contributed by atoms with Crippen molar-refractivity contribution >= 4 is 33.4 Å². The molecular formula is C16H12N4S2. The highest BCUT2D eigenvalue weighted by Gasteiger charge is 2.13. The summed E-state index contributed by atoms with van der Waals surface area (Å²) in [6.45, 7) is 2.03. The van der Waals surface area contributed by atoms with Crippen molar-refractivity contribution in [3.63, 3.8) is 0 Å². The van der Waals surface area contributed by atoms with E-state index < -0.39 is 0 Å². The van der Waals surface area contributed by atoms with Crippen LogP contribution < -0.4 is 0 Å². The van der Waals surface area contributed by atoms with Gasteiger partial charge in [0.05, 0.1) is 23.1 Å². The van der Waals surface area contributed by atoms with Crippen molar-refractivity contribution in [1.82, 2.24) is 4.98 Å². The van der Waals surface area contributed by atoms with Crippen LogP contribution in [0.1, 0.15) is 10.6 Å². The van der Waals surface area contributed by atoms with Crippen LogP contribution in [0.4, 0.5) is 10.7 Å². The van der Waals surface area contributed by atoms with Gasteiger partial charge < -0.3 is 0 Å². The Kier molecular flexibility index (Phi) is 4.37. The first-order valence-corrected chi connectivity index (χ1v) is 8.35. The molecule has 0 fully saturated rings. The van der Waals surface area contributed by atoms with Crippen LogP contribution in [0.25, 0.3) is 10.6 Å². The molecule has 0 radical (unpaired) electrons. The maximum absolute atomic E-state index is 8.85. The van der Waals surface area contributed by atoms with Crippen molar-refractivity contribution in [2.24, 2.45) is 10.2 Å². The van der Waals surface area contributed by atoms with Crippen molar-refractivity contribution in [3.8, 4) is 16.6 Å². The molecule has 108 valence electrons. The van der Waals surface area contributed by atoms with Crippen molar-refractivity contribution in [2.45, 2.75) is 13.3 Å². The van der Waals surface area contributed by atoms with E-state index in [2.05, 4.69) is 21.3 Å². The molecule has 2 aromatic heterocycles. The largest absolute Gasteiger partial charge is 0.237 e. The highest BCUT2D eigenvalue weighted by atomic mass is 32.1. The number of azo groups is 1. The second-order valence-electron chi connectivity index (χ2n) is 4.61. The van der Waals surface area contributed by atoms with E-state index in [0.29, 0.717) is 6.42 Å². The average Bonchev–Trinajstić information content (AvgIpc) is 3.16. The van der Waals surface area contributed by atoms with Gasteiger partial charge in [0.25, 0.3) is 0 Å². The summed E-state index contributed by atoms with van der Waals surface area (Å²) in [6, 6.07) is 14.0. The molecule has 2 heterocycles. The Bertz CT molecular complexity index is 824. The van der Waals surface area contributed by atoms with Gasteiger partial charge in [0.1, 0.15) is 10.7 Å². The summed E-state index contributed by atoms with van der Waals surface area (Å²) < 4.78 is 0. The predicted molar refractivity (Wildman–Crippen MR) is 90.1 cm³/mol. The second-order valence-corrected chi connectivity index (χ2v) is 6.62. The molecular weight excluding hydrogens is 312 g/mol. The number of nitriles is 1. The third-order valence-corrected chi connectivity index (χ3v) is 4.74. The van der Waals surface area contributed by atoms with E-state index in [-0.39, 0.29) is 0 Å². The van der Waals surface area contributed by atoms with Crippen molar-refractivity contribution in [2.75, 3.05) is 0 Å². The third-order valence-electron chi connectivity index (χ3n) is 2.93. The normalized spacial score (nSPS) is 10.9. The molecule has 0 spiro atoms. The number of nitrogens with zero attached hydrogens (tertiary/aromatic N) is 4. The summed E-state index contributed by atoms with van der Waals surface area (Å²) in [7, 11) is 0. The maximum Gasteiger partial charge on any atom is 0.167 e. The van der Waals surface area contributed by atoms with Crippen LogP contribution in [-0.2, 0) is 6.42 Å². The molecule has 0 saturated carbocycles. The van der Waals surface area contributed by atoms with Gasteiger partial charge in [-0.3, -0.25) is 0 Å². The lowest BCUT2D eigenvalue weighted by Gasteiger charge is -1.94. The smallest absolute Gasteiger partial charge is 0.167 e. The number of hydrogen-bond donors (Lipinski definition) is 0. The molecule has 0 aliphatic carbocycles. The molecule has 0 aliphatic heterocycles. The number of thiophene rings is 1. The van der Waals surface area contributed by atoms with Crippen LogP contribution in [0, 0.1) is 18.3 Å². The lowest BCUT2D eigenvalue weighted by molar-refractivity contribution is 1.19. The predicted octanol–water partition coefficient (Wildman–Crippen LogP) is 5.66. The summed E-state index contributed by atoms with van der Waals surface area (Å²) in [4.78, 5) is 5.56. The second kappa shape index (κ2) is 6.60. The van der Waals surface area contributed by atoms with E-state index in [9.17, 15) is 0 Å². The van der Waals surface area contributed by atoms with Crippen molar-refractivity contribution in [1.29, 1.82) is 5.26 Å². The summed E-state index contributed by atoms with van der Waals surface area (Å²) in [5.74, 6) is 0. The molecule has 0 aliphatic rings. The van der Waals surface area contributed by atoms with Gasteiger partial charge >= 0.3 is 0 Å². The molecule has 22 heavy (non-hydrogen) atoms. The van der Waals surface area contributed by atoms with Gasteiger partial charge in [0, 0.05) is 0 Å². The minimum absolute atomic E-state index is 0.295. The standard InChI is InChI=1S/C16H12N4S2/c1-11-4-6-12(7-5-11)19-20-16-15(13-3-2-10-21-13)18-14(22-16)8-9-17/h2-7,10H,8H2,1H3. The fourth-order valence-corrected chi connectivity index (χ4v) is 3.46. The van der Waals surface area contributed by atoms with Crippen LogP contribution in [-0.4, -0.2) is 4.98 Å². The molecule has 4 nitrogen and oxygen atoms in total. The van der Waals surface area contributed by atoms with E-state index in [1.54, 1.807) is 11.3 Å². The van der Waals surface area contributed by atoms with Crippen molar-refractivity contribution in [3.05, 3.63) is 52.3 Å². The zero-order valence-corrected chi connectivity index (χ0v) is 13.5. The third kappa shape index (κ3) is 3.27. The number of aromatic nitrogens is 1. The number of benzene rings is 1. The molecule has 3 aromatic rings. The van der Waals surface area contributed by atoms with Crippen LogP contribution in [0.5, 0.6) is 0 Å². The Morgan fingerprint density at radius 2 is 2.00 bits per heavy atom. The van der Waals surface area contributed by atoms with Crippen LogP contribution in [0.3, 0.4) is 0 Å². The van der Waals surface area contributed by atoms with E-state index in [1.807, 2.05) is 48.7 Å². The van der Waals surface area contributed by atoms with Crippen LogP contribution >= 0.6 is 22.7 Å². The molecule has 6 heteroatoms. The first kappa shape index (κ1) is 14.6. The Labute approximate surface area is 136 Å². The lowest BCUT2D eigenvalue weighted by atomic mass is 10.2. The minimum Gasteiger partial charge on any atom is -0.237 e. The van der Waals surface area contributed by atoms with Gasteiger partial charge in [-0.05, 0) is 30.5 Å². The lowest BCUT2D eigenvalue weighted by Crippen LogP contribution is -1.78. The van der Waals surface area contributed by atoms with Gasteiger partial charge in [-0.2, -0.15) is 5.26 Å². The fourth-order valence-electron chi connectivity index (χ4n) is 1.85. The molecule has 3 rings (SSSR count). The van der Waals surface area contributed by atoms with Gasteiger partial charge in [0.15, 0.2) is 5.00 Å². The van der Waals surface area contributed by atoms with Crippen LogP contribution in [0.15, 0.2) is 52.0 Å². The number of rotatable bonds is 4. The molecule has 0 unspecified atom stereocenters. The Morgan fingerprint density at radius 3 is 2.68 bits per heavy atom. The highest BCUT2D eigenvalue weighted by molar-refractivity contribution is 7.17. The first-order chi connectivity index (χ1) is 10.8. The Hall–Kier alpha value is -2.36. The van der Waals surface area contributed by atoms with E-state index in [0.717, 1.165) is 26.3 Å². The molecule has 0 bridgehead atoms. The summed E-state index contributed by atoms with van der Waals surface area (Å²) >= 11 is 3.02. The zero-order chi connectivity index (χ0) is 15.4. The van der Waals surface area contributed by atoms with E-state index in [1.165, 1.54) is 16.9 Å². The van der Waals surface area contributed by atoms with E-state index in [4.69, 9.17) is 5.26 Å². The fraction of sp³-hybridized carbons (Fsp3) is 0.125. The van der Waals surface area contributed by atoms with Gasteiger partial charge in [0.2, 0.25) is 0 Å². The Morgan fingerprint density at radius 1 is 1.18 bits per heavy atom. The topological polar surface area (TPSA) is 61.4 Å². The van der Waals surface area contributed by atoms with Gasteiger partial charge in [-0.25, -0.2) is 4.98 Å². The first-order valence-electron chi connectivity index (χ1n) is 6.65. The van der Waals surface area contributed by atoms with E-state index >= 15 is 0 Å². The monoisotopic (exact) mass is 324 g/mol. The molecule has 0 N–H and O–H groups in total. The van der Waals surface area contributed by atoms with Gasteiger partial charge in [-0.1, -0.05) is 35.1 Å². The van der Waals surface area contributed by atoms with Crippen LogP contribution in [0.2, 0.25) is 0 Å². The number of hydrogen-bond acceptors (Lipinski definition) is 6. The highest BCUT2D eigenvalue weighted by Crippen LogP contribution is 2.38. The molecule has 0 saturated heterocycles. The minimum atomic E-state index is 0.295. The molecule has 0 amide bonds. The molecule has 1 aromatic carbocycles. The summed E-state index contributed by atoms with van der Waals surface area (Å²) in [5.41, 5.74) is 2.80. The number of thiazole rings is 1. The zero-order valence-electron chi connectivity index (χ0n) is 11.9. The van der Waals surface area contributed by atoms with Crippen molar-refractivity contribution < 1.29 is 0 Å².